The van der Waals surface area contributed by atoms with Crippen molar-refractivity contribution in [2.45, 2.75) is 20.3 Å². The first kappa shape index (κ1) is 19.2. The number of hydrogen-bond donors (Lipinski definition) is 1. The molecule has 3 aromatic rings. The highest BCUT2D eigenvalue weighted by Crippen LogP contribution is 2.30. The van der Waals surface area contributed by atoms with Gasteiger partial charge in [-0.15, -0.1) is 0 Å². The van der Waals surface area contributed by atoms with E-state index in [2.05, 4.69) is 40.3 Å². The molecule has 0 unspecified atom stereocenters. The predicted molar refractivity (Wildman–Crippen MR) is 114 cm³/mol. The molecule has 0 aliphatic carbocycles. The van der Waals surface area contributed by atoms with Gasteiger partial charge in [-0.2, -0.15) is 0 Å². The van der Waals surface area contributed by atoms with E-state index in [1.165, 1.54) is 0 Å². The second kappa shape index (κ2) is 8.87. The summed E-state index contributed by atoms with van der Waals surface area (Å²) >= 11 is 3.54. The van der Waals surface area contributed by atoms with Crippen molar-refractivity contribution >= 4 is 27.5 Å². The minimum absolute atomic E-state index is 0.0409. The summed E-state index contributed by atoms with van der Waals surface area (Å²) < 4.78 is 6.54. The maximum Gasteiger partial charge on any atom is 0.262 e. The van der Waals surface area contributed by atoms with E-state index in [1.54, 1.807) is 0 Å². The van der Waals surface area contributed by atoms with Crippen molar-refractivity contribution < 1.29 is 9.53 Å². The first-order chi connectivity index (χ1) is 13.1. The third-order valence-electron chi connectivity index (χ3n) is 4.40. The lowest BCUT2D eigenvalue weighted by molar-refractivity contribution is -0.118. The number of carbonyl (C=O) groups is 1. The first-order valence-electron chi connectivity index (χ1n) is 8.94. The first-order valence-corrected chi connectivity index (χ1v) is 9.74. The molecule has 4 heteroatoms. The summed E-state index contributed by atoms with van der Waals surface area (Å²) in [6.07, 6.45) is 0.866. The van der Waals surface area contributed by atoms with Crippen LogP contribution in [-0.2, 0) is 11.2 Å². The summed E-state index contributed by atoms with van der Waals surface area (Å²) in [5.41, 5.74) is 5.28. The molecule has 0 bridgehead atoms. The Labute approximate surface area is 168 Å². The number of hydrogen-bond acceptors (Lipinski definition) is 2. The predicted octanol–water partition coefficient (Wildman–Crippen LogP) is 6.00. The van der Waals surface area contributed by atoms with Gasteiger partial charge < -0.3 is 10.1 Å². The average Bonchev–Trinajstić information content (AvgIpc) is 2.69. The molecule has 0 aliphatic heterocycles. The Bertz CT molecular complexity index is 938. The van der Waals surface area contributed by atoms with E-state index in [0.717, 1.165) is 38.8 Å². The molecule has 0 atom stereocenters. The number of para-hydroxylation sites is 1. The third kappa shape index (κ3) is 4.77. The van der Waals surface area contributed by atoms with E-state index in [4.69, 9.17) is 4.74 Å². The minimum atomic E-state index is -0.168. The normalized spacial score (nSPS) is 10.5. The molecule has 0 spiro atoms. The van der Waals surface area contributed by atoms with Crippen LogP contribution in [0.2, 0.25) is 0 Å². The molecule has 1 amide bonds. The Kier molecular flexibility index (Phi) is 6.30. The molecule has 0 heterocycles. The van der Waals surface area contributed by atoms with Gasteiger partial charge in [0.25, 0.3) is 5.91 Å². The monoisotopic (exact) mass is 423 g/mol. The number of benzene rings is 3. The van der Waals surface area contributed by atoms with Crippen LogP contribution >= 0.6 is 15.9 Å². The Morgan fingerprint density at radius 1 is 1.00 bits per heavy atom. The van der Waals surface area contributed by atoms with Crippen molar-refractivity contribution in [1.29, 1.82) is 0 Å². The second-order valence-corrected chi connectivity index (χ2v) is 7.17. The minimum Gasteiger partial charge on any atom is -0.483 e. The summed E-state index contributed by atoms with van der Waals surface area (Å²) in [6, 6.07) is 22.0. The zero-order valence-corrected chi connectivity index (χ0v) is 17.0. The number of amides is 1. The second-order valence-electron chi connectivity index (χ2n) is 6.31. The van der Waals surface area contributed by atoms with Crippen molar-refractivity contribution in [3.63, 3.8) is 0 Å². The van der Waals surface area contributed by atoms with Crippen LogP contribution in [-0.4, -0.2) is 12.5 Å². The molecule has 0 saturated heterocycles. The maximum atomic E-state index is 12.4. The van der Waals surface area contributed by atoms with Crippen LogP contribution in [0.25, 0.3) is 11.1 Å². The van der Waals surface area contributed by atoms with Gasteiger partial charge in [0.15, 0.2) is 6.61 Å². The van der Waals surface area contributed by atoms with Gasteiger partial charge in [0.2, 0.25) is 0 Å². The Morgan fingerprint density at radius 3 is 2.48 bits per heavy atom. The molecule has 0 saturated carbocycles. The van der Waals surface area contributed by atoms with E-state index in [-0.39, 0.29) is 12.5 Å². The topological polar surface area (TPSA) is 38.3 Å². The molecule has 1 N–H and O–H groups in total. The fourth-order valence-corrected chi connectivity index (χ4v) is 3.44. The summed E-state index contributed by atoms with van der Waals surface area (Å²) in [5, 5.41) is 2.98. The molecule has 3 rings (SSSR count). The molecule has 27 heavy (non-hydrogen) atoms. The maximum absolute atomic E-state index is 12.4. The van der Waals surface area contributed by atoms with Gasteiger partial charge in [0.1, 0.15) is 5.75 Å². The third-order valence-corrected chi connectivity index (χ3v) is 5.02. The Morgan fingerprint density at radius 2 is 1.78 bits per heavy atom. The number of anilines is 1. The smallest absolute Gasteiger partial charge is 0.262 e. The molecule has 0 fully saturated rings. The highest BCUT2D eigenvalue weighted by atomic mass is 79.9. The van der Waals surface area contributed by atoms with E-state index in [9.17, 15) is 4.79 Å². The van der Waals surface area contributed by atoms with Gasteiger partial charge in [-0.25, -0.2) is 0 Å². The van der Waals surface area contributed by atoms with E-state index in [0.29, 0.717) is 5.75 Å². The van der Waals surface area contributed by atoms with Gasteiger partial charge in [0, 0.05) is 5.69 Å². The van der Waals surface area contributed by atoms with Crippen LogP contribution in [0.1, 0.15) is 18.1 Å². The van der Waals surface area contributed by atoms with E-state index < -0.39 is 0 Å². The Hall–Kier alpha value is -2.59. The number of carbonyl (C=O) groups excluding carboxylic acids is 1. The summed E-state index contributed by atoms with van der Waals surface area (Å²) in [4.78, 5) is 12.4. The van der Waals surface area contributed by atoms with Crippen molar-refractivity contribution in [3.05, 3.63) is 82.3 Å². The molecule has 3 aromatic carbocycles. The number of rotatable bonds is 6. The molecule has 0 radical (unpaired) electrons. The quantitative estimate of drug-likeness (QED) is 0.527. The average molecular weight is 424 g/mol. The van der Waals surface area contributed by atoms with Crippen LogP contribution in [0.3, 0.4) is 0 Å². The van der Waals surface area contributed by atoms with Gasteiger partial charge in [0.05, 0.1) is 4.47 Å². The molecular weight excluding hydrogens is 402 g/mol. The van der Waals surface area contributed by atoms with Gasteiger partial charge in [-0.05, 0) is 63.7 Å². The zero-order valence-electron chi connectivity index (χ0n) is 15.5. The summed E-state index contributed by atoms with van der Waals surface area (Å²) in [7, 11) is 0. The van der Waals surface area contributed by atoms with Gasteiger partial charge in [-0.3, -0.25) is 4.79 Å². The van der Waals surface area contributed by atoms with Gasteiger partial charge >= 0.3 is 0 Å². The number of ether oxygens (including phenoxy) is 1. The van der Waals surface area contributed by atoms with Crippen molar-refractivity contribution in [2.75, 3.05) is 11.9 Å². The highest BCUT2D eigenvalue weighted by molar-refractivity contribution is 9.10. The summed E-state index contributed by atoms with van der Waals surface area (Å²) in [5.74, 6) is 0.475. The molecular formula is C23H22BrNO2. The van der Waals surface area contributed by atoms with Crippen molar-refractivity contribution in [2.24, 2.45) is 0 Å². The molecule has 0 aliphatic rings. The zero-order chi connectivity index (χ0) is 19.2. The number of halogens is 1. The van der Waals surface area contributed by atoms with Crippen LogP contribution in [0.15, 0.2) is 71.2 Å². The lowest BCUT2D eigenvalue weighted by Crippen LogP contribution is -2.21. The van der Waals surface area contributed by atoms with Gasteiger partial charge in [-0.1, -0.05) is 61.5 Å². The van der Waals surface area contributed by atoms with Crippen LogP contribution in [0.5, 0.6) is 5.75 Å². The van der Waals surface area contributed by atoms with Crippen LogP contribution in [0, 0.1) is 6.92 Å². The van der Waals surface area contributed by atoms with Crippen molar-refractivity contribution in [1.82, 2.24) is 0 Å². The molecule has 138 valence electrons. The lowest BCUT2D eigenvalue weighted by Gasteiger charge is -2.14. The van der Waals surface area contributed by atoms with Crippen LogP contribution in [0.4, 0.5) is 5.69 Å². The summed E-state index contributed by atoms with van der Waals surface area (Å²) in [6.45, 7) is 4.03. The van der Waals surface area contributed by atoms with E-state index >= 15 is 0 Å². The SMILES string of the molecule is CCc1cccc(C)c1NC(=O)COc1ccc(-c2ccccc2)cc1Br. The number of aryl methyl sites for hydroxylation is 2. The fourth-order valence-electron chi connectivity index (χ4n) is 2.95. The largest absolute Gasteiger partial charge is 0.483 e. The Balaban J connectivity index is 1.66. The van der Waals surface area contributed by atoms with Crippen LogP contribution < -0.4 is 10.1 Å². The molecule has 3 nitrogen and oxygen atoms in total. The fraction of sp³-hybridized carbons (Fsp3) is 0.174. The number of nitrogens with one attached hydrogen (secondary N) is 1. The molecule has 0 aromatic heterocycles. The van der Waals surface area contributed by atoms with E-state index in [1.807, 2.05) is 61.5 Å². The van der Waals surface area contributed by atoms with Crippen molar-refractivity contribution in [3.8, 4) is 16.9 Å². The lowest BCUT2D eigenvalue weighted by atomic mass is 10.1. The standard InChI is InChI=1S/C23H22BrNO2/c1-3-17-11-7-8-16(2)23(17)25-22(26)15-27-21-13-12-19(14-20(21)24)18-9-5-4-6-10-18/h4-14H,3,15H2,1-2H3,(H,25,26). The highest BCUT2D eigenvalue weighted by Gasteiger charge is 2.11.